The van der Waals surface area contributed by atoms with E-state index in [2.05, 4.69) is 104 Å². The number of carbonyl (C=O) groups excluding carboxylic acids is 1. The number of hydrogen-bond acceptors (Lipinski definition) is 6. The number of unbranched alkanes of at least 4 members (excludes halogenated alkanes) is 11. The van der Waals surface area contributed by atoms with Gasteiger partial charge in [-0.1, -0.05) is 170 Å². The second-order valence-corrected chi connectivity index (χ2v) is 14.9. The number of nitrogens with two attached hydrogens (primary N) is 1. The van der Waals surface area contributed by atoms with Crippen LogP contribution in [-0.4, -0.2) is 47.8 Å². The molecule has 0 spiro atoms. The van der Waals surface area contributed by atoms with E-state index in [1.54, 1.807) is 0 Å². The molecule has 0 heterocycles. The highest BCUT2D eigenvalue weighted by Crippen LogP contribution is 2.43. The lowest BCUT2D eigenvalue weighted by molar-refractivity contribution is -0.123. The van der Waals surface area contributed by atoms with E-state index in [0.29, 0.717) is 12.8 Å². The maximum absolute atomic E-state index is 12.7. The average Bonchev–Trinajstić information content (AvgIpc) is 3.14. The third-order valence-corrected chi connectivity index (χ3v) is 9.50. The van der Waals surface area contributed by atoms with Gasteiger partial charge < -0.3 is 21.1 Å². The number of aliphatic hydroxyl groups excluding tert-OH is 1. The molecule has 5 N–H and O–H groups in total. The quantitative estimate of drug-likeness (QED) is 0.0282. The number of hydrogen-bond donors (Lipinski definition) is 4. The van der Waals surface area contributed by atoms with E-state index in [4.69, 9.17) is 14.8 Å². The smallest absolute Gasteiger partial charge is 0.391 e. The zero-order valence-electron chi connectivity index (χ0n) is 33.5. The molecule has 0 saturated carbocycles. The Morgan fingerprint density at radius 3 is 1.53 bits per heavy atom. The summed E-state index contributed by atoms with van der Waals surface area (Å²) in [5.41, 5.74) is 5.36. The second kappa shape index (κ2) is 39.4. The van der Waals surface area contributed by atoms with Crippen molar-refractivity contribution >= 4 is 13.7 Å². The summed E-state index contributed by atoms with van der Waals surface area (Å²) in [6.45, 7) is 4.01. The summed E-state index contributed by atoms with van der Waals surface area (Å²) in [6, 6.07) is -0.809. The number of nitrogens with one attached hydrogen (secondary N) is 1. The summed E-state index contributed by atoms with van der Waals surface area (Å²) in [5, 5.41) is 13.7. The van der Waals surface area contributed by atoms with Gasteiger partial charge in [0.05, 0.1) is 25.4 Å². The largest absolute Gasteiger partial charge is 0.472 e. The predicted molar refractivity (Wildman–Crippen MR) is 226 cm³/mol. The van der Waals surface area contributed by atoms with Crippen molar-refractivity contribution in [3.63, 3.8) is 0 Å². The molecule has 0 rings (SSSR count). The third kappa shape index (κ3) is 37.8. The molecule has 0 aromatic rings. The van der Waals surface area contributed by atoms with E-state index in [1.165, 1.54) is 51.4 Å². The predicted octanol–water partition coefficient (Wildman–Crippen LogP) is 11.4. The van der Waals surface area contributed by atoms with Crippen LogP contribution in [0.1, 0.15) is 155 Å². The van der Waals surface area contributed by atoms with E-state index in [1.807, 2.05) is 0 Å². The molecular weight excluding hydrogens is 683 g/mol. The van der Waals surface area contributed by atoms with Gasteiger partial charge in [-0.3, -0.25) is 13.8 Å². The Bertz CT molecular complexity index is 1100. The lowest BCUT2D eigenvalue weighted by atomic mass is 10.0. The Morgan fingerprint density at radius 1 is 0.642 bits per heavy atom. The maximum atomic E-state index is 12.7. The lowest BCUT2D eigenvalue weighted by Crippen LogP contribution is -2.46. The van der Waals surface area contributed by atoms with Crippen LogP contribution in [0, 0.1) is 0 Å². The van der Waals surface area contributed by atoms with Crippen molar-refractivity contribution in [3.8, 4) is 0 Å². The van der Waals surface area contributed by atoms with Crippen LogP contribution in [0.2, 0.25) is 0 Å². The van der Waals surface area contributed by atoms with Crippen molar-refractivity contribution in [1.82, 2.24) is 5.32 Å². The summed E-state index contributed by atoms with van der Waals surface area (Å²) >= 11 is 0. The van der Waals surface area contributed by atoms with E-state index in [0.717, 1.165) is 70.6 Å². The molecule has 0 aromatic heterocycles. The zero-order valence-corrected chi connectivity index (χ0v) is 34.4. The number of carbonyl (C=O) groups is 1. The van der Waals surface area contributed by atoms with Crippen molar-refractivity contribution in [2.45, 2.75) is 167 Å². The molecule has 0 bridgehead atoms. The molecule has 0 aliphatic carbocycles. The first kappa shape index (κ1) is 50.7. The number of phosphoric ester groups is 1. The van der Waals surface area contributed by atoms with Gasteiger partial charge in [0.1, 0.15) is 0 Å². The Hall–Kier alpha value is -2.32. The molecule has 0 fully saturated rings. The number of phosphoric acid groups is 1. The third-order valence-electron chi connectivity index (χ3n) is 8.51. The lowest BCUT2D eigenvalue weighted by Gasteiger charge is -2.25. The van der Waals surface area contributed by atoms with Gasteiger partial charge in [0.15, 0.2) is 0 Å². The fourth-order valence-corrected chi connectivity index (χ4v) is 6.18. The maximum Gasteiger partial charge on any atom is 0.472 e. The van der Waals surface area contributed by atoms with Gasteiger partial charge in [-0.2, -0.15) is 0 Å². The summed E-state index contributed by atoms with van der Waals surface area (Å²) in [6.07, 6.45) is 51.7. The summed E-state index contributed by atoms with van der Waals surface area (Å²) in [5.74, 6) is -0.224. The van der Waals surface area contributed by atoms with Gasteiger partial charge in [-0.05, 0) is 64.2 Å². The Labute approximate surface area is 324 Å². The first-order valence-corrected chi connectivity index (χ1v) is 22.2. The van der Waals surface area contributed by atoms with Gasteiger partial charge in [-0.15, -0.1) is 0 Å². The first-order chi connectivity index (χ1) is 25.9. The molecule has 0 radical (unpaired) electrons. The number of rotatable bonds is 37. The van der Waals surface area contributed by atoms with Gasteiger partial charge >= 0.3 is 7.82 Å². The van der Waals surface area contributed by atoms with Crippen LogP contribution in [0.25, 0.3) is 0 Å². The van der Waals surface area contributed by atoms with Gasteiger partial charge in [0, 0.05) is 13.0 Å². The molecular formula is C44H77N2O6P. The van der Waals surface area contributed by atoms with Crippen LogP contribution in [0.5, 0.6) is 0 Å². The molecule has 3 unspecified atom stereocenters. The van der Waals surface area contributed by atoms with E-state index >= 15 is 0 Å². The van der Waals surface area contributed by atoms with Crippen molar-refractivity contribution in [2.75, 3.05) is 19.8 Å². The fourth-order valence-electron chi connectivity index (χ4n) is 5.42. The Kier molecular flexibility index (Phi) is 37.7. The minimum atomic E-state index is -4.33. The molecule has 0 aliphatic heterocycles. The fraction of sp³-hybridized carbons (Fsp3) is 0.659. The van der Waals surface area contributed by atoms with Gasteiger partial charge in [0.25, 0.3) is 0 Å². The average molecular weight is 761 g/mol. The number of amides is 1. The zero-order chi connectivity index (χ0) is 38.9. The summed E-state index contributed by atoms with van der Waals surface area (Å²) in [7, 11) is -4.33. The minimum absolute atomic E-state index is 0.0748. The SMILES string of the molecule is CC/C=C\C/C=C\C/C=C\C/C=C\C/C=C\C/C=C\C/C=C\CCCC(=O)NC(COP(=O)(O)OCCN)C(O)CCCCCCCCCCCCC. The Balaban J connectivity index is 4.30. The van der Waals surface area contributed by atoms with Crippen LogP contribution in [0.3, 0.4) is 0 Å². The molecule has 9 heteroatoms. The standard InChI is InChI=1S/C44H77N2O6P/c1-3-5-7-9-11-13-15-16-17-18-19-20-21-22-23-24-25-26-28-30-32-34-36-38-44(48)46-42(41-52-53(49,50)51-40-39-45)43(47)37-35-33-31-29-27-14-12-10-8-6-4-2/h5,7,11,13,16-17,19-20,22-23,25-26,30,32,42-43,47H,3-4,6,8-10,12,14-15,18,21,24,27-29,31,33-41,45H2,1-2H3,(H,46,48)(H,49,50)/b7-5-,13-11-,17-16-,20-19-,23-22-,26-25-,32-30-. The highest BCUT2D eigenvalue weighted by atomic mass is 31.2. The van der Waals surface area contributed by atoms with Crippen LogP contribution in [-0.2, 0) is 18.4 Å². The molecule has 304 valence electrons. The highest BCUT2D eigenvalue weighted by Gasteiger charge is 2.27. The van der Waals surface area contributed by atoms with E-state index in [9.17, 15) is 19.4 Å². The van der Waals surface area contributed by atoms with Gasteiger partial charge in [0.2, 0.25) is 5.91 Å². The van der Waals surface area contributed by atoms with E-state index in [-0.39, 0.29) is 32.1 Å². The van der Waals surface area contributed by atoms with Crippen molar-refractivity contribution < 1.29 is 28.4 Å². The summed E-state index contributed by atoms with van der Waals surface area (Å²) in [4.78, 5) is 22.6. The molecule has 3 atom stereocenters. The van der Waals surface area contributed by atoms with Crippen LogP contribution >= 0.6 is 7.82 Å². The highest BCUT2D eigenvalue weighted by molar-refractivity contribution is 7.47. The Morgan fingerprint density at radius 2 is 1.08 bits per heavy atom. The second-order valence-electron chi connectivity index (χ2n) is 13.5. The van der Waals surface area contributed by atoms with E-state index < -0.39 is 20.0 Å². The van der Waals surface area contributed by atoms with Crippen LogP contribution in [0.15, 0.2) is 85.1 Å². The monoisotopic (exact) mass is 761 g/mol. The topological polar surface area (TPSA) is 131 Å². The molecule has 0 aromatic carbocycles. The number of aliphatic hydroxyl groups is 1. The summed E-state index contributed by atoms with van der Waals surface area (Å²) < 4.78 is 22.1. The van der Waals surface area contributed by atoms with Crippen molar-refractivity contribution in [2.24, 2.45) is 5.73 Å². The van der Waals surface area contributed by atoms with Crippen molar-refractivity contribution in [3.05, 3.63) is 85.1 Å². The molecule has 0 saturated heterocycles. The molecule has 8 nitrogen and oxygen atoms in total. The van der Waals surface area contributed by atoms with Crippen molar-refractivity contribution in [1.29, 1.82) is 0 Å². The van der Waals surface area contributed by atoms with Crippen LogP contribution in [0.4, 0.5) is 0 Å². The first-order valence-electron chi connectivity index (χ1n) is 20.7. The molecule has 0 aliphatic rings. The normalized spacial score (nSPS) is 15.0. The van der Waals surface area contributed by atoms with Crippen LogP contribution < -0.4 is 11.1 Å². The minimum Gasteiger partial charge on any atom is -0.391 e. The molecule has 1 amide bonds. The number of allylic oxidation sites excluding steroid dienone is 14. The molecule has 53 heavy (non-hydrogen) atoms. The van der Waals surface area contributed by atoms with Gasteiger partial charge in [-0.25, -0.2) is 4.57 Å².